The van der Waals surface area contributed by atoms with Crippen LogP contribution in [-0.2, 0) is 20.7 Å². The number of carbonyl (C=O) groups excluding carboxylic acids is 2. The number of amides is 2. The van der Waals surface area contributed by atoms with E-state index in [1.54, 1.807) is 16.7 Å². The van der Waals surface area contributed by atoms with Crippen molar-refractivity contribution in [3.05, 3.63) is 11.1 Å². The molecule has 1 radical (unpaired) electrons. The summed E-state index contributed by atoms with van der Waals surface area (Å²) >= 11 is 1.28. The molecule has 1 fully saturated rings. The van der Waals surface area contributed by atoms with Crippen molar-refractivity contribution in [1.29, 1.82) is 0 Å². The van der Waals surface area contributed by atoms with Gasteiger partial charge in [-0.3, -0.25) is 14.9 Å². The van der Waals surface area contributed by atoms with E-state index in [-0.39, 0.29) is 12.3 Å². The fourth-order valence-electron chi connectivity index (χ4n) is 1.57. The number of rotatable bonds is 4. The Labute approximate surface area is 103 Å². The van der Waals surface area contributed by atoms with E-state index in [1.165, 1.54) is 11.3 Å². The Kier molecular flexibility index (Phi) is 4.05. The predicted octanol–water partition coefficient (Wildman–Crippen LogP) is 0.0235. The molecule has 0 saturated carbocycles. The van der Waals surface area contributed by atoms with Gasteiger partial charge in [0.2, 0.25) is 5.91 Å². The molecule has 0 atom stereocenters. The van der Waals surface area contributed by atoms with Gasteiger partial charge in [0.15, 0.2) is 5.13 Å². The van der Waals surface area contributed by atoms with Crippen LogP contribution < -0.4 is 5.32 Å². The molecule has 91 valence electrons. The van der Waals surface area contributed by atoms with Gasteiger partial charge in [-0.2, -0.15) is 0 Å². The lowest BCUT2D eigenvalue weighted by Crippen LogP contribution is -2.41. The van der Waals surface area contributed by atoms with Crippen LogP contribution in [0.1, 0.15) is 5.69 Å². The zero-order valence-corrected chi connectivity index (χ0v) is 9.96. The van der Waals surface area contributed by atoms with Gasteiger partial charge < -0.3 is 9.64 Å². The molecule has 17 heavy (non-hydrogen) atoms. The Morgan fingerprint density at radius 2 is 2.35 bits per heavy atom. The highest BCUT2D eigenvalue weighted by Crippen LogP contribution is 2.15. The SMILES string of the molecule is O=[C]Nc1nc(CC(=O)N2CCOCC2)cs1. The van der Waals surface area contributed by atoms with E-state index in [0.717, 1.165) is 0 Å². The first-order chi connectivity index (χ1) is 8.29. The maximum absolute atomic E-state index is 11.9. The van der Waals surface area contributed by atoms with Gasteiger partial charge in [-0.15, -0.1) is 11.3 Å². The molecule has 1 aliphatic rings. The number of anilines is 1. The van der Waals surface area contributed by atoms with Crippen molar-refractivity contribution in [2.24, 2.45) is 0 Å². The van der Waals surface area contributed by atoms with Crippen molar-refractivity contribution < 1.29 is 14.3 Å². The van der Waals surface area contributed by atoms with Gasteiger partial charge in [-0.1, -0.05) is 0 Å². The van der Waals surface area contributed by atoms with E-state index in [2.05, 4.69) is 10.3 Å². The molecule has 0 unspecified atom stereocenters. The molecular formula is C10H12N3O3S. The third-order valence-corrected chi connectivity index (χ3v) is 3.21. The van der Waals surface area contributed by atoms with Crippen LogP contribution in [0.4, 0.5) is 5.13 Å². The summed E-state index contributed by atoms with van der Waals surface area (Å²) in [4.78, 5) is 27.8. The molecule has 0 aromatic carbocycles. The molecule has 0 bridgehead atoms. The quantitative estimate of drug-likeness (QED) is 0.769. The molecule has 1 N–H and O–H groups in total. The smallest absolute Gasteiger partial charge is 0.315 e. The lowest BCUT2D eigenvalue weighted by Gasteiger charge is -2.26. The van der Waals surface area contributed by atoms with Crippen molar-refractivity contribution in [2.75, 3.05) is 31.6 Å². The van der Waals surface area contributed by atoms with E-state index in [0.29, 0.717) is 37.1 Å². The van der Waals surface area contributed by atoms with Crippen LogP contribution in [0.15, 0.2) is 5.38 Å². The molecule has 7 heteroatoms. The number of nitrogens with zero attached hydrogens (tertiary/aromatic N) is 2. The molecule has 0 spiro atoms. The van der Waals surface area contributed by atoms with Gasteiger partial charge in [-0.05, 0) is 0 Å². The molecule has 1 aliphatic heterocycles. The normalized spacial score (nSPS) is 15.6. The lowest BCUT2D eigenvalue weighted by atomic mass is 10.3. The fraction of sp³-hybridized carbons (Fsp3) is 0.500. The molecule has 6 nitrogen and oxygen atoms in total. The second-order valence-corrected chi connectivity index (χ2v) is 4.40. The van der Waals surface area contributed by atoms with Gasteiger partial charge in [-0.25, -0.2) is 4.98 Å². The van der Waals surface area contributed by atoms with Crippen molar-refractivity contribution in [2.45, 2.75) is 6.42 Å². The number of nitrogens with one attached hydrogen (secondary N) is 1. The minimum absolute atomic E-state index is 0.0419. The van der Waals surface area contributed by atoms with Crippen molar-refractivity contribution in [3.63, 3.8) is 0 Å². The molecule has 1 aromatic heterocycles. The van der Waals surface area contributed by atoms with Gasteiger partial charge in [0, 0.05) is 18.5 Å². The number of hydrogen-bond acceptors (Lipinski definition) is 5. The topological polar surface area (TPSA) is 71.5 Å². The first-order valence-corrected chi connectivity index (χ1v) is 6.10. The van der Waals surface area contributed by atoms with Gasteiger partial charge >= 0.3 is 6.41 Å². The van der Waals surface area contributed by atoms with Crippen LogP contribution in [0.25, 0.3) is 0 Å². The molecule has 2 amide bonds. The fourth-order valence-corrected chi connectivity index (χ4v) is 2.22. The molecule has 2 rings (SSSR count). The van der Waals surface area contributed by atoms with Crippen LogP contribution in [0, 0.1) is 0 Å². The average molecular weight is 254 g/mol. The number of carbonyl (C=O) groups is 1. The number of hydrogen-bond donors (Lipinski definition) is 1. The van der Waals surface area contributed by atoms with Crippen LogP contribution >= 0.6 is 11.3 Å². The van der Waals surface area contributed by atoms with E-state index in [9.17, 15) is 9.59 Å². The Balaban J connectivity index is 1.90. The Bertz CT molecular complexity index is 401. The largest absolute Gasteiger partial charge is 0.378 e. The maximum Gasteiger partial charge on any atom is 0.315 e. The standard InChI is InChI=1S/C10H12N3O3S/c14-7-11-10-12-8(6-17-10)5-9(15)13-1-3-16-4-2-13/h6H,1-5H2,(H,11,12,14). The summed E-state index contributed by atoms with van der Waals surface area (Å²) in [5.41, 5.74) is 0.671. The van der Waals surface area contributed by atoms with Gasteiger partial charge in [0.25, 0.3) is 0 Å². The second kappa shape index (κ2) is 5.74. The molecule has 2 heterocycles. The van der Waals surface area contributed by atoms with E-state index in [4.69, 9.17) is 4.74 Å². The van der Waals surface area contributed by atoms with Crippen LogP contribution in [0.3, 0.4) is 0 Å². The highest BCUT2D eigenvalue weighted by atomic mass is 32.1. The third-order valence-electron chi connectivity index (χ3n) is 2.41. The predicted molar refractivity (Wildman–Crippen MR) is 62.5 cm³/mol. The number of morpholine rings is 1. The number of thiazole rings is 1. The summed E-state index contributed by atoms with van der Waals surface area (Å²) in [6, 6.07) is 0. The monoisotopic (exact) mass is 254 g/mol. The van der Waals surface area contributed by atoms with Crippen LogP contribution in [0.2, 0.25) is 0 Å². The Morgan fingerprint density at radius 3 is 3.06 bits per heavy atom. The first kappa shape index (κ1) is 12.0. The third kappa shape index (κ3) is 3.24. The lowest BCUT2D eigenvalue weighted by molar-refractivity contribution is -0.134. The highest BCUT2D eigenvalue weighted by molar-refractivity contribution is 7.13. The van der Waals surface area contributed by atoms with Crippen LogP contribution in [-0.4, -0.2) is 48.5 Å². The second-order valence-electron chi connectivity index (χ2n) is 3.54. The minimum atomic E-state index is 0.0419. The van der Waals surface area contributed by atoms with E-state index >= 15 is 0 Å². The maximum atomic E-state index is 11.9. The zero-order chi connectivity index (χ0) is 12.1. The van der Waals surface area contributed by atoms with Crippen LogP contribution in [0.5, 0.6) is 0 Å². The first-order valence-electron chi connectivity index (χ1n) is 5.22. The summed E-state index contributed by atoms with van der Waals surface area (Å²) in [6.45, 7) is 2.46. The van der Waals surface area contributed by atoms with Gasteiger partial charge in [0.05, 0.1) is 25.3 Å². The van der Waals surface area contributed by atoms with E-state index < -0.39 is 0 Å². The highest BCUT2D eigenvalue weighted by Gasteiger charge is 2.18. The van der Waals surface area contributed by atoms with Gasteiger partial charge in [0.1, 0.15) is 0 Å². The summed E-state index contributed by atoms with van der Waals surface area (Å²) in [5.74, 6) is 0.0419. The summed E-state index contributed by atoms with van der Waals surface area (Å²) in [5, 5.41) is 4.56. The average Bonchev–Trinajstić information content (AvgIpc) is 2.78. The molecular weight excluding hydrogens is 242 g/mol. The molecule has 0 aliphatic carbocycles. The molecule has 1 saturated heterocycles. The summed E-state index contributed by atoms with van der Waals surface area (Å²) in [7, 11) is 0. The van der Waals surface area contributed by atoms with E-state index in [1.807, 2.05) is 0 Å². The van der Waals surface area contributed by atoms with Crippen molar-refractivity contribution in [1.82, 2.24) is 9.88 Å². The molecule has 1 aromatic rings. The number of ether oxygens (including phenoxy) is 1. The Hall–Kier alpha value is -1.47. The Morgan fingerprint density at radius 1 is 1.59 bits per heavy atom. The number of aromatic nitrogens is 1. The van der Waals surface area contributed by atoms with Crippen molar-refractivity contribution in [3.8, 4) is 0 Å². The summed E-state index contributed by atoms with van der Waals surface area (Å²) in [6.07, 6.45) is 1.81. The van der Waals surface area contributed by atoms with Crippen molar-refractivity contribution >= 4 is 28.8 Å². The zero-order valence-electron chi connectivity index (χ0n) is 9.14. The minimum Gasteiger partial charge on any atom is -0.378 e. The summed E-state index contributed by atoms with van der Waals surface area (Å²) < 4.78 is 5.18.